The maximum absolute atomic E-state index is 14.3. The molecule has 0 aromatic carbocycles. The summed E-state index contributed by atoms with van der Waals surface area (Å²) in [7, 11) is -0.987. The maximum Gasteiger partial charge on any atom is 0.215 e. The first kappa shape index (κ1) is 19.5. The SMILES string of the molecule is CS(=O)N1CCCC(Nc2cc(-c3n[nH]c4c3CCC(C)(C)C4)cc(F)n2)C1. The zero-order chi connectivity index (χ0) is 19.9. The van der Waals surface area contributed by atoms with Crippen LogP contribution in [0.1, 0.15) is 44.4 Å². The van der Waals surface area contributed by atoms with Crippen molar-refractivity contribution in [3.8, 4) is 11.3 Å². The van der Waals surface area contributed by atoms with Gasteiger partial charge in [0.1, 0.15) is 5.82 Å². The number of H-pyrrole nitrogens is 1. The van der Waals surface area contributed by atoms with Crippen LogP contribution in [-0.4, -0.2) is 49.1 Å². The van der Waals surface area contributed by atoms with E-state index in [0.29, 0.717) is 12.4 Å². The standard InChI is InChI=1S/C20H28FN5OS/c1-20(2)7-6-15-16(11-20)24-25-19(15)13-9-17(21)23-18(10-13)22-14-5-4-8-26(12-14)28(3)27/h9-10,14H,4-8,11-12H2,1-3H3,(H,22,23)(H,24,25). The molecule has 1 fully saturated rings. The molecule has 4 rings (SSSR count). The van der Waals surface area contributed by atoms with E-state index in [1.165, 1.54) is 11.6 Å². The molecule has 2 aromatic heterocycles. The molecule has 0 saturated carbocycles. The molecule has 1 saturated heterocycles. The molecule has 2 N–H and O–H groups in total. The number of anilines is 1. The van der Waals surface area contributed by atoms with Crippen LogP contribution in [0.2, 0.25) is 0 Å². The molecule has 2 unspecified atom stereocenters. The molecule has 0 spiro atoms. The fourth-order valence-electron chi connectivity index (χ4n) is 4.30. The monoisotopic (exact) mass is 405 g/mol. The fraction of sp³-hybridized carbons (Fsp3) is 0.600. The van der Waals surface area contributed by atoms with Crippen LogP contribution >= 0.6 is 0 Å². The van der Waals surface area contributed by atoms with Gasteiger partial charge in [-0.2, -0.15) is 9.49 Å². The molecular formula is C20H28FN5OS. The number of aromatic amines is 1. The highest BCUT2D eigenvalue weighted by molar-refractivity contribution is 7.81. The molecule has 2 aromatic rings. The lowest BCUT2D eigenvalue weighted by Crippen LogP contribution is -2.42. The topological polar surface area (TPSA) is 73.9 Å². The van der Waals surface area contributed by atoms with Crippen LogP contribution in [0, 0.1) is 11.4 Å². The molecule has 2 atom stereocenters. The Balaban J connectivity index is 1.57. The molecular weight excluding hydrogens is 377 g/mol. The minimum atomic E-state index is -0.987. The van der Waals surface area contributed by atoms with Gasteiger partial charge in [0, 0.05) is 48.3 Å². The summed E-state index contributed by atoms with van der Waals surface area (Å²) < 4.78 is 28.0. The predicted molar refractivity (Wildman–Crippen MR) is 110 cm³/mol. The number of rotatable bonds is 4. The van der Waals surface area contributed by atoms with Crippen molar-refractivity contribution in [1.82, 2.24) is 19.5 Å². The summed E-state index contributed by atoms with van der Waals surface area (Å²) in [5.74, 6) is -0.00347. The number of pyridine rings is 1. The largest absolute Gasteiger partial charge is 0.366 e. The maximum atomic E-state index is 14.3. The minimum Gasteiger partial charge on any atom is -0.366 e. The van der Waals surface area contributed by atoms with Gasteiger partial charge in [0.25, 0.3) is 0 Å². The third kappa shape index (κ3) is 4.12. The number of fused-ring (bicyclic) bond motifs is 1. The first-order valence-electron chi connectivity index (χ1n) is 9.90. The van der Waals surface area contributed by atoms with E-state index in [-0.39, 0.29) is 11.5 Å². The first-order valence-corrected chi connectivity index (χ1v) is 11.4. The van der Waals surface area contributed by atoms with Gasteiger partial charge in [-0.15, -0.1) is 0 Å². The Kier molecular flexibility index (Phi) is 5.26. The second kappa shape index (κ2) is 7.55. The smallest absolute Gasteiger partial charge is 0.215 e. The number of hydrogen-bond acceptors (Lipinski definition) is 4. The molecule has 0 radical (unpaired) electrons. The van der Waals surface area contributed by atoms with Crippen molar-refractivity contribution >= 4 is 16.8 Å². The van der Waals surface area contributed by atoms with E-state index >= 15 is 0 Å². The fourth-order valence-corrected chi connectivity index (χ4v) is 5.07. The summed E-state index contributed by atoms with van der Waals surface area (Å²) in [6.07, 6.45) is 6.61. The Morgan fingerprint density at radius 2 is 2.21 bits per heavy atom. The van der Waals surface area contributed by atoms with Crippen molar-refractivity contribution < 1.29 is 8.60 Å². The lowest BCUT2D eigenvalue weighted by atomic mass is 9.76. The van der Waals surface area contributed by atoms with Gasteiger partial charge in [0.15, 0.2) is 0 Å². The van der Waals surface area contributed by atoms with E-state index in [9.17, 15) is 8.60 Å². The van der Waals surface area contributed by atoms with E-state index in [0.717, 1.165) is 55.6 Å². The Morgan fingerprint density at radius 1 is 1.39 bits per heavy atom. The van der Waals surface area contributed by atoms with E-state index in [2.05, 4.69) is 34.3 Å². The number of hydrogen-bond donors (Lipinski definition) is 2. The summed E-state index contributed by atoms with van der Waals surface area (Å²) in [6, 6.07) is 3.44. The summed E-state index contributed by atoms with van der Waals surface area (Å²) in [5.41, 5.74) is 4.19. The zero-order valence-corrected chi connectivity index (χ0v) is 17.5. The summed E-state index contributed by atoms with van der Waals surface area (Å²) in [4.78, 5) is 4.03. The quantitative estimate of drug-likeness (QED) is 0.766. The van der Waals surface area contributed by atoms with Crippen molar-refractivity contribution in [3.05, 3.63) is 29.3 Å². The van der Waals surface area contributed by atoms with Crippen LogP contribution in [0.15, 0.2) is 12.1 Å². The second-order valence-electron chi connectivity index (χ2n) is 8.73. The van der Waals surface area contributed by atoms with Crippen molar-refractivity contribution in [2.24, 2.45) is 5.41 Å². The summed E-state index contributed by atoms with van der Waals surface area (Å²) in [6.45, 7) is 6.03. The van der Waals surface area contributed by atoms with Crippen molar-refractivity contribution in [2.75, 3.05) is 24.7 Å². The molecule has 1 aliphatic heterocycles. The number of nitrogens with one attached hydrogen (secondary N) is 2. The Bertz CT molecular complexity index is 897. The second-order valence-corrected chi connectivity index (χ2v) is 10.1. The van der Waals surface area contributed by atoms with E-state index < -0.39 is 16.9 Å². The molecule has 8 heteroatoms. The van der Waals surface area contributed by atoms with Crippen LogP contribution in [0.5, 0.6) is 0 Å². The molecule has 2 aliphatic rings. The molecule has 0 bridgehead atoms. The number of piperidine rings is 1. The van der Waals surface area contributed by atoms with Crippen LogP contribution < -0.4 is 5.32 Å². The molecule has 1 aliphatic carbocycles. The average Bonchev–Trinajstić information content (AvgIpc) is 3.03. The minimum absolute atomic E-state index is 0.105. The van der Waals surface area contributed by atoms with Crippen LogP contribution in [-0.2, 0) is 23.8 Å². The van der Waals surface area contributed by atoms with Gasteiger partial charge in [-0.1, -0.05) is 13.8 Å². The van der Waals surface area contributed by atoms with Crippen LogP contribution in [0.3, 0.4) is 0 Å². The highest BCUT2D eigenvalue weighted by atomic mass is 32.2. The first-order chi connectivity index (χ1) is 13.3. The lowest BCUT2D eigenvalue weighted by Gasteiger charge is -2.31. The molecule has 3 heterocycles. The third-order valence-electron chi connectivity index (χ3n) is 5.83. The molecule has 28 heavy (non-hydrogen) atoms. The highest BCUT2D eigenvalue weighted by Crippen LogP contribution is 2.38. The summed E-state index contributed by atoms with van der Waals surface area (Å²) in [5, 5.41) is 11.0. The van der Waals surface area contributed by atoms with Gasteiger partial charge in [-0.25, -0.2) is 13.5 Å². The highest BCUT2D eigenvalue weighted by Gasteiger charge is 2.29. The molecule has 6 nitrogen and oxygen atoms in total. The lowest BCUT2D eigenvalue weighted by molar-refractivity contribution is 0.312. The van der Waals surface area contributed by atoms with Crippen molar-refractivity contribution in [2.45, 2.75) is 52.0 Å². The number of nitrogens with zero attached hydrogens (tertiary/aromatic N) is 3. The van der Waals surface area contributed by atoms with Crippen LogP contribution in [0.4, 0.5) is 10.2 Å². The van der Waals surface area contributed by atoms with Gasteiger partial charge < -0.3 is 5.32 Å². The Morgan fingerprint density at radius 3 is 3.00 bits per heavy atom. The number of aromatic nitrogens is 3. The van der Waals surface area contributed by atoms with Gasteiger partial charge in [-0.05, 0) is 43.6 Å². The van der Waals surface area contributed by atoms with E-state index in [4.69, 9.17) is 0 Å². The van der Waals surface area contributed by atoms with Crippen molar-refractivity contribution in [1.29, 1.82) is 0 Å². The van der Waals surface area contributed by atoms with Crippen LogP contribution in [0.25, 0.3) is 11.3 Å². The third-order valence-corrected chi connectivity index (χ3v) is 6.89. The summed E-state index contributed by atoms with van der Waals surface area (Å²) >= 11 is 0. The van der Waals surface area contributed by atoms with Crippen molar-refractivity contribution in [3.63, 3.8) is 0 Å². The van der Waals surface area contributed by atoms with Gasteiger partial charge in [0.05, 0.1) is 16.7 Å². The van der Waals surface area contributed by atoms with E-state index in [1.54, 1.807) is 6.26 Å². The van der Waals surface area contributed by atoms with Gasteiger partial charge in [-0.3, -0.25) is 5.10 Å². The molecule has 0 amide bonds. The Hall–Kier alpha value is -1.80. The molecule has 152 valence electrons. The van der Waals surface area contributed by atoms with E-state index in [1.807, 2.05) is 10.4 Å². The zero-order valence-electron chi connectivity index (χ0n) is 16.7. The number of halogens is 1. The normalized spacial score (nSPS) is 23.2. The average molecular weight is 406 g/mol. The van der Waals surface area contributed by atoms with Gasteiger partial charge in [0.2, 0.25) is 5.95 Å². The Labute approximate surface area is 167 Å². The van der Waals surface area contributed by atoms with Gasteiger partial charge >= 0.3 is 0 Å². The predicted octanol–water partition coefficient (Wildman–Crippen LogP) is 3.30.